The number of rotatable bonds is 40. The number of carbonyl (C=O) groups is 3. The molecule has 0 rings (SSSR count). The minimum Gasteiger partial charge on any atom is -0.462 e. The Balaban J connectivity index is 4.33. The molecule has 0 aliphatic rings. The van der Waals surface area contributed by atoms with Crippen LogP contribution in [0.2, 0.25) is 0 Å². The van der Waals surface area contributed by atoms with Crippen molar-refractivity contribution in [3.63, 3.8) is 0 Å². The van der Waals surface area contributed by atoms with Crippen molar-refractivity contribution in [1.82, 2.24) is 0 Å². The molecule has 0 aromatic heterocycles. The standard InChI is InChI=1S/C47H90O6/c1-7-43(6)35-29-23-16-12-8-9-13-17-24-30-36-45(48)51-39-44(40-52-46(49)37-31-25-20-19-22-28-34-42(4)5)53-47(50)38-32-26-18-14-10-11-15-21-27-33-41(2)3/h41-44H,7-40H2,1-6H3/t43?,44-/m1/s1. The van der Waals surface area contributed by atoms with Gasteiger partial charge >= 0.3 is 17.9 Å². The summed E-state index contributed by atoms with van der Waals surface area (Å²) in [6.07, 6.45) is 35.2. The van der Waals surface area contributed by atoms with E-state index in [-0.39, 0.29) is 31.1 Å². The second-order valence-corrected chi connectivity index (χ2v) is 17.2. The molecule has 1 unspecified atom stereocenters. The first-order valence-corrected chi connectivity index (χ1v) is 23.1. The molecule has 0 radical (unpaired) electrons. The number of esters is 3. The van der Waals surface area contributed by atoms with E-state index in [1.807, 2.05) is 0 Å². The molecule has 2 atom stereocenters. The lowest BCUT2D eigenvalue weighted by atomic mass is 9.99. The maximum absolute atomic E-state index is 12.7. The summed E-state index contributed by atoms with van der Waals surface area (Å²) >= 11 is 0. The van der Waals surface area contributed by atoms with Gasteiger partial charge in [-0.1, -0.05) is 208 Å². The third-order valence-electron chi connectivity index (χ3n) is 10.8. The average molecular weight is 751 g/mol. The summed E-state index contributed by atoms with van der Waals surface area (Å²) in [5, 5.41) is 0. The van der Waals surface area contributed by atoms with Crippen molar-refractivity contribution in [3.05, 3.63) is 0 Å². The van der Waals surface area contributed by atoms with Crippen molar-refractivity contribution in [2.75, 3.05) is 13.2 Å². The van der Waals surface area contributed by atoms with Gasteiger partial charge in [0.15, 0.2) is 6.10 Å². The molecule has 0 spiro atoms. The molecule has 0 amide bonds. The minimum absolute atomic E-state index is 0.0667. The van der Waals surface area contributed by atoms with Crippen LogP contribution < -0.4 is 0 Å². The molecule has 53 heavy (non-hydrogen) atoms. The van der Waals surface area contributed by atoms with E-state index in [9.17, 15) is 14.4 Å². The van der Waals surface area contributed by atoms with E-state index in [1.165, 1.54) is 128 Å². The normalized spacial score (nSPS) is 12.7. The van der Waals surface area contributed by atoms with Crippen molar-refractivity contribution < 1.29 is 28.6 Å². The highest BCUT2D eigenvalue weighted by Crippen LogP contribution is 2.17. The monoisotopic (exact) mass is 751 g/mol. The molecule has 0 N–H and O–H groups in total. The average Bonchev–Trinajstić information content (AvgIpc) is 3.12. The molecular weight excluding hydrogens is 661 g/mol. The Morgan fingerprint density at radius 2 is 0.660 bits per heavy atom. The predicted octanol–water partition coefficient (Wildman–Crippen LogP) is 14.4. The lowest BCUT2D eigenvalue weighted by Gasteiger charge is -2.18. The van der Waals surface area contributed by atoms with Gasteiger partial charge in [-0.3, -0.25) is 14.4 Å². The first-order valence-electron chi connectivity index (χ1n) is 23.1. The van der Waals surface area contributed by atoms with Crippen molar-refractivity contribution in [2.24, 2.45) is 17.8 Å². The number of carbonyl (C=O) groups excluding carboxylic acids is 3. The number of unbranched alkanes of at least 4 members (excludes halogenated alkanes) is 22. The molecule has 0 aliphatic carbocycles. The summed E-state index contributed by atoms with van der Waals surface area (Å²) in [6.45, 7) is 13.6. The summed E-state index contributed by atoms with van der Waals surface area (Å²) in [7, 11) is 0. The van der Waals surface area contributed by atoms with E-state index in [2.05, 4.69) is 41.5 Å². The number of hydrogen-bond donors (Lipinski definition) is 0. The SMILES string of the molecule is CCC(C)CCCCCCCCCCCCC(=O)OC[C@H](COC(=O)CCCCCCCCC(C)C)OC(=O)CCCCCCCCCCCC(C)C. The molecule has 0 heterocycles. The van der Waals surface area contributed by atoms with E-state index in [0.29, 0.717) is 19.3 Å². The van der Waals surface area contributed by atoms with Crippen LogP contribution in [0.15, 0.2) is 0 Å². The van der Waals surface area contributed by atoms with Crippen LogP contribution in [0.1, 0.15) is 247 Å². The van der Waals surface area contributed by atoms with Gasteiger partial charge in [0.25, 0.3) is 0 Å². The number of hydrogen-bond acceptors (Lipinski definition) is 6. The Hall–Kier alpha value is -1.59. The van der Waals surface area contributed by atoms with Crippen LogP contribution in [0, 0.1) is 17.8 Å². The summed E-state index contributed by atoms with van der Waals surface area (Å²) in [5.41, 5.74) is 0. The Morgan fingerprint density at radius 1 is 0.377 bits per heavy atom. The molecule has 0 fully saturated rings. The zero-order valence-electron chi connectivity index (χ0n) is 36.3. The highest BCUT2D eigenvalue weighted by molar-refractivity contribution is 5.71. The second-order valence-electron chi connectivity index (χ2n) is 17.2. The lowest BCUT2D eigenvalue weighted by molar-refractivity contribution is -0.167. The Kier molecular flexibility index (Phi) is 37.5. The van der Waals surface area contributed by atoms with Crippen molar-refractivity contribution in [2.45, 2.75) is 253 Å². The molecule has 0 aromatic rings. The first kappa shape index (κ1) is 51.4. The van der Waals surface area contributed by atoms with Crippen LogP contribution >= 0.6 is 0 Å². The van der Waals surface area contributed by atoms with Crippen LogP contribution in [0.3, 0.4) is 0 Å². The van der Waals surface area contributed by atoms with E-state index < -0.39 is 6.10 Å². The molecule has 0 aromatic carbocycles. The van der Waals surface area contributed by atoms with Gasteiger partial charge in [0, 0.05) is 19.3 Å². The van der Waals surface area contributed by atoms with E-state index in [1.54, 1.807) is 0 Å². The third-order valence-corrected chi connectivity index (χ3v) is 10.8. The van der Waals surface area contributed by atoms with Crippen molar-refractivity contribution >= 4 is 17.9 Å². The van der Waals surface area contributed by atoms with Gasteiger partial charge in [-0.05, 0) is 37.0 Å². The fourth-order valence-electron chi connectivity index (χ4n) is 6.85. The Morgan fingerprint density at radius 3 is 0.981 bits per heavy atom. The van der Waals surface area contributed by atoms with E-state index in [0.717, 1.165) is 75.5 Å². The zero-order chi connectivity index (χ0) is 39.2. The smallest absolute Gasteiger partial charge is 0.306 e. The topological polar surface area (TPSA) is 78.9 Å². The Labute approximate surface area is 329 Å². The molecule has 0 aliphatic heterocycles. The van der Waals surface area contributed by atoms with Gasteiger partial charge in [0.05, 0.1) is 0 Å². The maximum Gasteiger partial charge on any atom is 0.306 e. The van der Waals surface area contributed by atoms with Gasteiger partial charge in [0.2, 0.25) is 0 Å². The fourth-order valence-corrected chi connectivity index (χ4v) is 6.85. The quantitative estimate of drug-likeness (QED) is 0.0352. The molecule has 0 bridgehead atoms. The van der Waals surface area contributed by atoms with Gasteiger partial charge in [-0.25, -0.2) is 0 Å². The van der Waals surface area contributed by atoms with Gasteiger partial charge in [-0.2, -0.15) is 0 Å². The summed E-state index contributed by atoms with van der Waals surface area (Å²) in [4.78, 5) is 37.7. The summed E-state index contributed by atoms with van der Waals surface area (Å²) < 4.78 is 16.7. The second kappa shape index (κ2) is 38.7. The summed E-state index contributed by atoms with van der Waals surface area (Å²) in [6, 6.07) is 0. The van der Waals surface area contributed by atoms with E-state index >= 15 is 0 Å². The van der Waals surface area contributed by atoms with Gasteiger partial charge in [0.1, 0.15) is 13.2 Å². The number of ether oxygens (including phenoxy) is 3. The molecule has 0 saturated carbocycles. The zero-order valence-corrected chi connectivity index (χ0v) is 36.3. The maximum atomic E-state index is 12.7. The lowest BCUT2D eigenvalue weighted by Crippen LogP contribution is -2.30. The molecule has 0 saturated heterocycles. The Bertz CT molecular complexity index is 824. The van der Waals surface area contributed by atoms with Crippen LogP contribution in [0.25, 0.3) is 0 Å². The minimum atomic E-state index is -0.762. The predicted molar refractivity (Wildman–Crippen MR) is 224 cm³/mol. The van der Waals surface area contributed by atoms with Gasteiger partial charge < -0.3 is 14.2 Å². The molecule has 6 nitrogen and oxygen atoms in total. The highest BCUT2D eigenvalue weighted by Gasteiger charge is 2.19. The third kappa shape index (κ3) is 39.9. The fraction of sp³-hybridized carbons (Fsp3) is 0.936. The highest BCUT2D eigenvalue weighted by atomic mass is 16.6. The van der Waals surface area contributed by atoms with Crippen molar-refractivity contribution in [3.8, 4) is 0 Å². The van der Waals surface area contributed by atoms with Crippen LogP contribution in [0.4, 0.5) is 0 Å². The van der Waals surface area contributed by atoms with Gasteiger partial charge in [-0.15, -0.1) is 0 Å². The van der Waals surface area contributed by atoms with Crippen LogP contribution in [-0.2, 0) is 28.6 Å². The summed E-state index contributed by atoms with van der Waals surface area (Å²) in [5.74, 6) is 1.57. The van der Waals surface area contributed by atoms with Crippen LogP contribution in [-0.4, -0.2) is 37.2 Å². The molecule has 314 valence electrons. The first-order chi connectivity index (χ1) is 25.6. The van der Waals surface area contributed by atoms with E-state index in [4.69, 9.17) is 14.2 Å². The largest absolute Gasteiger partial charge is 0.462 e. The molecular formula is C47H90O6. The van der Waals surface area contributed by atoms with Crippen LogP contribution in [0.5, 0.6) is 0 Å². The van der Waals surface area contributed by atoms with Crippen molar-refractivity contribution in [1.29, 1.82) is 0 Å². The molecule has 6 heteroatoms.